The fraction of sp³-hybridized carbons (Fsp3) is 0.727. The molecule has 5 nitrogen and oxygen atoms in total. The first-order valence-corrected chi connectivity index (χ1v) is 4.99. The molecule has 0 bridgehead atoms. The summed E-state index contributed by atoms with van der Waals surface area (Å²) in [6, 6.07) is 0. The van der Waals surface area contributed by atoms with Crippen LogP contribution in [0.1, 0.15) is 27.7 Å². The Bertz CT molecular complexity index is 257. The Morgan fingerprint density at radius 2 is 2.06 bits per heavy atom. The fourth-order valence-electron chi connectivity index (χ4n) is 0.818. The lowest BCUT2D eigenvalue weighted by Crippen LogP contribution is -2.29. The van der Waals surface area contributed by atoms with E-state index in [0.717, 1.165) is 6.08 Å². The molecule has 5 heteroatoms. The number of methoxy groups -OCH3 is 1. The van der Waals surface area contributed by atoms with E-state index in [9.17, 15) is 4.79 Å². The molecule has 1 N–H and O–H groups in total. The summed E-state index contributed by atoms with van der Waals surface area (Å²) in [4.78, 5) is 10.5. The predicted molar refractivity (Wildman–Crippen MR) is 59.0 cm³/mol. The Hall–Kier alpha value is -0.910. The first-order chi connectivity index (χ1) is 7.29. The quantitative estimate of drug-likeness (QED) is 0.535. The van der Waals surface area contributed by atoms with Gasteiger partial charge in [-0.3, -0.25) is 0 Å². The molecule has 0 radical (unpaired) electrons. The molecular weight excluding hydrogens is 212 g/mol. The van der Waals surface area contributed by atoms with Crippen molar-refractivity contribution in [2.45, 2.75) is 39.6 Å². The van der Waals surface area contributed by atoms with Crippen LogP contribution in [0.15, 0.2) is 11.6 Å². The number of carboxylic acid groups (broad SMARTS) is 1. The second-order valence-electron chi connectivity index (χ2n) is 3.91. The van der Waals surface area contributed by atoms with Gasteiger partial charge in [0.15, 0.2) is 13.1 Å². The van der Waals surface area contributed by atoms with Crippen molar-refractivity contribution in [1.29, 1.82) is 0 Å². The molecule has 0 aromatic carbocycles. The van der Waals surface area contributed by atoms with Gasteiger partial charge in [-0.1, -0.05) is 0 Å². The Labute approximate surface area is 96.0 Å². The van der Waals surface area contributed by atoms with Gasteiger partial charge in [-0.2, -0.15) is 0 Å². The molecule has 0 rings (SSSR count). The van der Waals surface area contributed by atoms with Gasteiger partial charge in [0.05, 0.1) is 5.60 Å². The van der Waals surface area contributed by atoms with Gasteiger partial charge in [-0.05, 0) is 33.3 Å². The molecule has 0 saturated heterocycles. The number of carbonyl (C=O) groups is 1. The molecule has 0 fully saturated rings. The molecular formula is C11H20O5. The van der Waals surface area contributed by atoms with E-state index in [1.165, 1.54) is 7.11 Å². The van der Waals surface area contributed by atoms with Crippen molar-refractivity contribution in [2.24, 2.45) is 0 Å². The zero-order valence-corrected chi connectivity index (χ0v) is 10.4. The summed E-state index contributed by atoms with van der Waals surface area (Å²) < 4.78 is 15.5. The number of ether oxygens (including phenoxy) is 3. The summed E-state index contributed by atoms with van der Waals surface area (Å²) in [5.74, 6) is -0.986. The topological polar surface area (TPSA) is 65.0 Å². The van der Waals surface area contributed by atoms with Crippen molar-refractivity contribution in [1.82, 2.24) is 0 Å². The minimum absolute atomic E-state index is 0.0484. The molecule has 0 aromatic rings. The van der Waals surface area contributed by atoms with Gasteiger partial charge in [0.1, 0.15) is 0 Å². The SMILES string of the molecule is COC(C)OCOC(C)(C)/C(C)=C/C(=O)O. The molecule has 0 aliphatic rings. The fourth-order valence-corrected chi connectivity index (χ4v) is 0.818. The van der Waals surface area contributed by atoms with E-state index in [4.69, 9.17) is 19.3 Å². The average Bonchev–Trinajstić information content (AvgIpc) is 2.16. The average molecular weight is 232 g/mol. The highest BCUT2D eigenvalue weighted by molar-refractivity contribution is 5.80. The normalized spacial score (nSPS) is 14.9. The van der Waals surface area contributed by atoms with E-state index in [2.05, 4.69) is 0 Å². The highest BCUT2D eigenvalue weighted by atomic mass is 16.7. The van der Waals surface area contributed by atoms with Crippen LogP contribution >= 0.6 is 0 Å². The third-order valence-electron chi connectivity index (χ3n) is 2.34. The van der Waals surface area contributed by atoms with Crippen LogP contribution in [0, 0.1) is 0 Å². The van der Waals surface area contributed by atoms with Crippen molar-refractivity contribution in [3.05, 3.63) is 11.6 Å². The van der Waals surface area contributed by atoms with Crippen LogP contribution in [0.25, 0.3) is 0 Å². The molecule has 94 valence electrons. The summed E-state index contributed by atoms with van der Waals surface area (Å²) in [6.45, 7) is 7.06. The van der Waals surface area contributed by atoms with Gasteiger partial charge in [-0.15, -0.1) is 0 Å². The molecule has 1 atom stereocenters. The molecule has 0 saturated carbocycles. The largest absolute Gasteiger partial charge is 0.478 e. The summed E-state index contributed by atoms with van der Waals surface area (Å²) in [5.41, 5.74) is -0.0556. The predicted octanol–water partition coefficient (Wildman–Crippen LogP) is 1.78. The van der Waals surface area contributed by atoms with Crippen LogP contribution in [0.3, 0.4) is 0 Å². The molecule has 16 heavy (non-hydrogen) atoms. The monoisotopic (exact) mass is 232 g/mol. The van der Waals surface area contributed by atoms with E-state index >= 15 is 0 Å². The number of hydrogen-bond acceptors (Lipinski definition) is 4. The Kier molecular flexibility index (Phi) is 6.25. The lowest BCUT2D eigenvalue weighted by Gasteiger charge is -2.26. The maximum atomic E-state index is 10.5. The van der Waals surface area contributed by atoms with Crippen LogP contribution in [-0.2, 0) is 19.0 Å². The lowest BCUT2D eigenvalue weighted by molar-refractivity contribution is -0.197. The second kappa shape index (κ2) is 6.62. The smallest absolute Gasteiger partial charge is 0.328 e. The maximum absolute atomic E-state index is 10.5. The number of hydrogen-bond donors (Lipinski definition) is 1. The van der Waals surface area contributed by atoms with Gasteiger partial charge in [0.2, 0.25) is 0 Å². The van der Waals surface area contributed by atoms with E-state index < -0.39 is 11.6 Å². The standard InChI is InChI=1S/C11H20O5/c1-8(6-10(12)13)11(3,4)16-7-15-9(2)14-5/h6,9H,7H2,1-5H3,(H,12,13)/b8-6+. The number of aliphatic carboxylic acids is 1. The first-order valence-electron chi connectivity index (χ1n) is 4.99. The van der Waals surface area contributed by atoms with Gasteiger partial charge in [0.25, 0.3) is 0 Å². The zero-order valence-electron chi connectivity index (χ0n) is 10.4. The molecule has 0 aliphatic heterocycles. The number of carboxylic acids is 1. The van der Waals surface area contributed by atoms with Gasteiger partial charge in [0, 0.05) is 13.2 Å². The molecule has 0 aliphatic carbocycles. The highest BCUT2D eigenvalue weighted by Gasteiger charge is 2.21. The van der Waals surface area contributed by atoms with Crippen molar-refractivity contribution in [3.8, 4) is 0 Å². The van der Waals surface area contributed by atoms with E-state index in [0.29, 0.717) is 5.57 Å². The minimum Gasteiger partial charge on any atom is -0.478 e. The summed E-state index contributed by atoms with van der Waals surface area (Å²) in [5, 5.41) is 8.62. The van der Waals surface area contributed by atoms with Crippen LogP contribution in [0.2, 0.25) is 0 Å². The first kappa shape index (κ1) is 15.1. The van der Waals surface area contributed by atoms with Crippen molar-refractivity contribution >= 4 is 5.97 Å². The van der Waals surface area contributed by atoms with Crippen LogP contribution in [-0.4, -0.2) is 36.9 Å². The van der Waals surface area contributed by atoms with E-state index in [-0.39, 0.29) is 13.1 Å². The van der Waals surface area contributed by atoms with Gasteiger partial charge >= 0.3 is 5.97 Å². The van der Waals surface area contributed by atoms with Crippen LogP contribution in [0.5, 0.6) is 0 Å². The zero-order chi connectivity index (χ0) is 12.8. The van der Waals surface area contributed by atoms with Gasteiger partial charge in [-0.25, -0.2) is 4.79 Å². The molecule has 1 unspecified atom stereocenters. The summed E-state index contributed by atoms with van der Waals surface area (Å²) in [6.07, 6.45) is 0.777. The second-order valence-corrected chi connectivity index (χ2v) is 3.91. The van der Waals surface area contributed by atoms with E-state index in [1.54, 1.807) is 27.7 Å². The Morgan fingerprint density at radius 1 is 1.50 bits per heavy atom. The van der Waals surface area contributed by atoms with Crippen molar-refractivity contribution in [3.63, 3.8) is 0 Å². The van der Waals surface area contributed by atoms with Crippen molar-refractivity contribution in [2.75, 3.05) is 13.9 Å². The number of rotatable bonds is 7. The molecule has 0 spiro atoms. The lowest BCUT2D eigenvalue weighted by atomic mass is 9.99. The highest BCUT2D eigenvalue weighted by Crippen LogP contribution is 2.20. The molecule has 0 heterocycles. The third kappa shape index (κ3) is 5.85. The maximum Gasteiger partial charge on any atom is 0.328 e. The molecule has 0 aromatic heterocycles. The Balaban J connectivity index is 4.19. The Morgan fingerprint density at radius 3 is 2.50 bits per heavy atom. The summed E-state index contributed by atoms with van der Waals surface area (Å²) >= 11 is 0. The minimum atomic E-state index is -0.986. The third-order valence-corrected chi connectivity index (χ3v) is 2.34. The van der Waals surface area contributed by atoms with Crippen molar-refractivity contribution < 1.29 is 24.1 Å². The van der Waals surface area contributed by atoms with Crippen LogP contribution < -0.4 is 0 Å². The van der Waals surface area contributed by atoms with E-state index in [1.807, 2.05) is 0 Å². The van der Waals surface area contributed by atoms with Crippen LogP contribution in [0.4, 0.5) is 0 Å². The summed E-state index contributed by atoms with van der Waals surface area (Å²) in [7, 11) is 1.53. The molecule has 0 amide bonds. The van der Waals surface area contributed by atoms with Gasteiger partial charge < -0.3 is 19.3 Å².